The third kappa shape index (κ3) is 6.04. The van der Waals surface area contributed by atoms with Gasteiger partial charge in [-0.3, -0.25) is 15.1 Å². The molecule has 0 saturated carbocycles. The molecule has 0 saturated heterocycles. The van der Waals surface area contributed by atoms with Crippen LogP contribution in [0.3, 0.4) is 0 Å². The number of nitrogens with two attached hydrogens (primary N) is 2. The predicted octanol–water partition coefficient (Wildman–Crippen LogP) is 3.96. The molecule has 0 spiro atoms. The van der Waals surface area contributed by atoms with E-state index < -0.39 is 0 Å². The highest BCUT2D eigenvalue weighted by atomic mass is 79.9. The summed E-state index contributed by atoms with van der Waals surface area (Å²) in [6, 6.07) is 0. The Labute approximate surface area is 172 Å². The number of allylic oxidation sites excluding steroid dienone is 3. The van der Waals surface area contributed by atoms with Gasteiger partial charge in [-0.1, -0.05) is 47.9 Å². The SMILES string of the molecule is C/C=C/N=C[C@H](C)C1=C(CC)[N+](CN)(CC(Br)C(C)C(CN)CCF)N=C1. The van der Waals surface area contributed by atoms with Crippen molar-refractivity contribution in [1.29, 1.82) is 0 Å². The van der Waals surface area contributed by atoms with Crippen LogP contribution in [0.5, 0.6) is 0 Å². The summed E-state index contributed by atoms with van der Waals surface area (Å²) < 4.78 is 13.2. The zero-order chi connectivity index (χ0) is 20.4. The van der Waals surface area contributed by atoms with E-state index >= 15 is 0 Å². The van der Waals surface area contributed by atoms with Crippen LogP contribution in [0.15, 0.2) is 33.6 Å². The van der Waals surface area contributed by atoms with Gasteiger partial charge < -0.3 is 5.73 Å². The fourth-order valence-electron chi connectivity index (χ4n) is 3.66. The summed E-state index contributed by atoms with van der Waals surface area (Å²) in [4.78, 5) is 4.47. The Morgan fingerprint density at radius 3 is 2.59 bits per heavy atom. The lowest BCUT2D eigenvalue weighted by atomic mass is 9.88. The van der Waals surface area contributed by atoms with Crippen LogP contribution in [0.4, 0.5) is 4.39 Å². The molecule has 5 atom stereocenters. The third-order valence-electron chi connectivity index (χ3n) is 5.50. The van der Waals surface area contributed by atoms with Crippen LogP contribution in [0.1, 0.15) is 40.5 Å². The molecule has 0 amide bonds. The number of alkyl halides is 2. The summed E-state index contributed by atoms with van der Waals surface area (Å²) in [5.41, 5.74) is 14.5. The van der Waals surface area contributed by atoms with Crippen molar-refractivity contribution in [2.45, 2.75) is 45.4 Å². The molecule has 0 fully saturated rings. The molecular formula is C20H36BrFN5+. The fraction of sp³-hybridized carbons (Fsp3) is 0.700. The van der Waals surface area contributed by atoms with E-state index in [1.165, 1.54) is 11.3 Å². The van der Waals surface area contributed by atoms with Crippen LogP contribution in [0, 0.1) is 17.8 Å². The Kier molecular flexibility index (Phi) is 10.6. The molecule has 1 aliphatic rings. The minimum Gasteiger partial charge on any atom is -0.330 e. The number of hydrogen-bond acceptors (Lipinski definition) is 4. The highest BCUT2D eigenvalue weighted by molar-refractivity contribution is 9.09. The first kappa shape index (κ1) is 24.1. The molecule has 27 heavy (non-hydrogen) atoms. The van der Waals surface area contributed by atoms with E-state index in [-0.39, 0.29) is 29.3 Å². The van der Waals surface area contributed by atoms with Gasteiger partial charge in [0.15, 0.2) is 6.67 Å². The summed E-state index contributed by atoms with van der Waals surface area (Å²) in [7, 11) is 0. The average molecular weight is 445 g/mol. The summed E-state index contributed by atoms with van der Waals surface area (Å²) in [5, 5.41) is 4.82. The average Bonchev–Trinajstić information content (AvgIpc) is 3.04. The van der Waals surface area contributed by atoms with Crippen molar-refractivity contribution in [3.05, 3.63) is 23.5 Å². The van der Waals surface area contributed by atoms with Gasteiger partial charge in [0.25, 0.3) is 0 Å². The number of halogens is 2. The number of aliphatic imine (C=N–C) groups is 1. The second-order valence-electron chi connectivity index (χ2n) is 7.21. The van der Waals surface area contributed by atoms with Crippen molar-refractivity contribution in [2.24, 2.45) is 39.3 Å². The van der Waals surface area contributed by atoms with Gasteiger partial charge in [-0.05, 0) is 31.7 Å². The monoisotopic (exact) mass is 444 g/mol. The first-order chi connectivity index (χ1) is 12.9. The molecule has 1 heterocycles. The molecule has 0 radical (unpaired) electrons. The van der Waals surface area contributed by atoms with Gasteiger partial charge in [0, 0.05) is 30.3 Å². The molecule has 0 aliphatic carbocycles. The van der Waals surface area contributed by atoms with E-state index in [0.717, 1.165) is 13.0 Å². The number of quaternary nitrogens is 1. The lowest BCUT2D eigenvalue weighted by Crippen LogP contribution is -2.50. The minimum atomic E-state index is -0.339. The molecule has 0 aromatic heterocycles. The van der Waals surface area contributed by atoms with Crippen molar-refractivity contribution in [3.63, 3.8) is 0 Å². The van der Waals surface area contributed by atoms with Gasteiger partial charge in [-0.15, -0.1) is 0 Å². The molecule has 4 N–H and O–H groups in total. The maximum Gasteiger partial charge on any atom is 0.159 e. The Balaban J connectivity index is 3.06. The molecule has 0 aromatic carbocycles. The molecule has 0 bridgehead atoms. The first-order valence-electron chi connectivity index (χ1n) is 9.81. The second kappa shape index (κ2) is 11.8. The van der Waals surface area contributed by atoms with Gasteiger partial charge in [0.1, 0.15) is 12.2 Å². The molecular weight excluding hydrogens is 409 g/mol. The van der Waals surface area contributed by atoms with Gasteiger partial charge >= 0.3 is 0 Å². The lowest BCUT2D eigenvalue weighted by Gasteiger charge is -2.35. The topological polar surface area (TPSA) is 76.8 Å². The highest BCUT2D eigenvalue weighted by Gasteiger charge is 2.41. The van der Waals surface area contributed by atoms with Crippen LogP contribution in [0.25, 0.3) is 0 Å². The van der Waals surface area contributed by atoms with E-state index in [0.29, 0.717) is 24.2 Å². The number of rotatable bonds is 12. The van der Waals surface area contributed by atoms with Gasteiger partial charge in [-0.25, -0.2) is 0 Å². The first-order valence-corrected chi connectivity index (χ1v) is 10.7. The lowest BCUT2D eigenvalue weighted by molar-refractivity contribution is -0.897. The van der Waals surface area contributed by atoms with Crippen molar-refractivity contribution in [2.75, 3.05) is 26.4 Å². The van der Waals surface area contributed by atoms with Gasteiger partial charge in [0.2, 0.25) is 0 Å². The van der Waals surface area contributed by atoms with Crippen LogP contribution in [0.2, 0.25) is 0 Å². The Hall–Kier alpha value is -0.890. The summed E-state index contributed by atoms with van der Waals surface area (Å²) in [5.74, 6) is 0.545. The van der Waals surface area contributed by atoms with Crippen molar-refractivity contribution < 1.29 is 8.98 Å². The van der Waals surface area contributed by atoms with E-state index in [2.05, 4.69) is 41.7 Å². The van der Waals surface area contributed by atoms with Crippen LogP contribution >= 0.6 is 15.9 Å². The Morgan fingerprint density at radius 1 is 1.37 bits per heavy atom. The molecule has 1 aliphatic heterocycles. The summed E-state index contributed by atoms with van der Waals surface area (Å²) in [6.07, 6.45) is 8.94. The largest absolute Gasteiger partial charge is 0.330 e. The molecule has 1 rings (SSSR count). The minimum absolute atomic E-state index is 0.143. The smallest absolute Gasteiger partial charge is 0.159 e. The molecule has 7 heteroatoms. The van der Waals surface area contributed by atoms with Crippen molar-refractivity contribution >= 4 is 28.4 Å². The fourth-order valence-corrected chi connectivity index (χ4v) is 4.57. The predicted molar refractivity (Wildman–Crippen MR) is 117 cm³/mol. The molecule has 4 unspecified atom stereocenters. The van der Waals surface area contributed by atoms with E-state index in [1.54, 1.807) is 6.20 Å². The van der Waals surface area contributed by atoms with E-state index in [1.807, 2.05) is 25.4 Å². The summed E-state index contributed by atoms with van der Waals surface area (Å²) >= 11 is 3.82. The Bertz CT molecular complexity index is 575. The van der Waals surface area contributed by atoms with E-state index in [4.69, 9.17) is 16.6 Å². The zero-order valence-corrected chi connectivity index (χ0v) is 18.7. The van der Waals surface area contributed by atoms with Crippen molar-refractivity contribution in [1.82, 2.24) is 0 Å². The molecule has 0 aromatic rings. The maximum absolute atomic E-state index is 12.8. The van der Waals surface area contributed by atoms with Crippen LogP contribution in [-0.2, 0) is 0 Å². The van der Waals surface area contributed by atoms with Crippen LogP contribution in [-0.4, -0.2) is 48.3 Å². The second-order valence-corrected chi connectivity index (χ2v) is 8.38. The van der Waals surface area contributed by atoms with Gasteiger partial charge in [0.05, 0.1) is 17.7 Å². The number of nitrogens with zero attached hydrogens (tertiary/aromatic N) is 3. The normalized spacial score (nSPS) is 24.9. The molecule has 154 valence electrons. The maximum atomic E-state index is 12.8. The molecule has 5 nitrogen and oxygen atoms in total. The van der Waals surface area contributed by atoms with Crippen LogP contribution < -0.4 is 11.5 Å². The van der Waals surface area contributed by atoms with Crippen molar-refractivity contribution in [3.8, 4) is 0 Å². The highest BCUT2D eigenvalue weighted by Crippen LogP contribution is 2.35. The summed E-state index contributed by atoms with van der Waals surface area (Å²) in [6.45, 7) is 9.60. The number of hydrogen-bond donors (Lipinski definition) is 2. The van der Waals surface area contributed by atoms with E-state index in [9.17, 15) is 4.39 Å². The van der Waals surface area contributed by atoms with Gasteiger partial charge in [-0.2, -0.15) is 4.59 Å². The zero-order valence-electron chi connectivity index (χ0n) is 17.1. The third-order valence-corrected chi connectivity index (χ3v) is 6.62. The Morgan fingerprint density at radius 2 is 2.07 bits per heavy atom. The quantitative estimate of drug-likeness (QED) is 0.271. The standard InChI is InChI=1S/C20H36BrFN5/c1-5-9-25-11-15(3)18-12-26-27(14-24,20(18)6-2)13-19(21)16(4)17(10-23)7-8-22/h5,9,11-12,15-17,19H,6-8,10,13-14,23-24H2,1-4H3/q+1/b9-5+,25-11?/t15-,16?,17?,19?,27?/m0/s1.